The first-order chi connectivity index (χ1) is 11.7. The Morgan fingerprint density at radius 2 is 1.88 bits per heavy atom. The van der Waals surface area contributed by atoms with Crippen molar-refractivity contribution in [3.05, 3.63) is 29.7 Å². The number of rotatable bonds is 5. The fourth-order valence-corrected chi connectivity index (χ4v) is 3.16. The zero-order valence-corrected chi connectivity index (χ0v) is 15.2. The van der Waals surface area contributed by atoms with Crippen molar-refractivity contribution in [2.75, 3.05) is 30.9 Å². The molecule has 3 rings (SSSR count). The quantitative estimate of drug-likeness (QED) is 0.610. The summed E-state index contributed by atoms with van der Waals surface area (Å²) >= 11 is 1.54. The van der Waals surface area contributed by atoms with Crippen LogP contribution >= 0.6 is 11.8 Å². The van der Waals surface area contributed by atoms with Crippen LogP contribution in [-0.4, -0.2) is 45.9 Å². The zero-order valence-electron chi connectivity index (χ0n) is 14.4. The minimum Gasteiger partial charge on any atom is -0.477 e. The van der Waals surface area contributed by atoms with E-state index >= 15 is 0 Å². The maximum atomic E-state index is 6.03. The molecular formula is C17H23N5OS. The van der Waals surface area contributed by atoms with Crippen molar-refractivity contribution in [1.29, 1.82) is 0 Å². The van der Waals surface area contributed by atoms with E-state index in [1.165, 1.54) is 0 Å². The highest BCUT2D eigenvalue weighted by atomic mass is 32.2. The maximum absolute atomic E-state index is 6.03. The Hall–Kier alpha value is -1.89. The molecule has 1 fully saturated rings. The Kier molecular flexibility index (Phi) is 5.50. The summed E-state index contributed by atoms with van der Waals surface area (Å²) in [7, 11) is 0. The van der Waals surface area contributed by atoms with Gasteiger partial charge in [0.2, 0.25) is 11.8 Å². The van der Waals surface area contributed by atoms with Crippen molar-refractivity contribution >= 4 is 17.7 Å². The third kappa shape index (κ3) is 3.95. The maximum Gasteiger partial charge on any atom is 0.225 e. The molecule has 3 heterocycles. The minimum atomic E-state index is 0.539. The van der Waals surface area contributed by atoms with Crippen LogP contribution in [0.5, 0.6) is 5.88 Å². The van der Waals surface area contributed by atoms with Crippen LogP contribution in [0.15, 0.2) is 23.6 Å². The van der Waals surface area contributed by atoms with Crippen molar-refractivity contribution in [1.82, 2.24) is 19.9 Å². The Labute approximate surface area is 147 Å². The lowest BCUT2D eigenvalue weighted by molar-refractivity contribution is 0.212. The smallest absolute Gasteiger partial charge is 0.225 e. The average Bonchev–Trinajstić information content (AvgIpc) is 2.64. The second kappa shape index (κ2) is 7.79. The molecule has 2 aromatic heterocycles. The standard InChI is InChI=1S/C17H23N5OS/c1-12-13(2)20-17(24-3)21-15(12)23-11-14-5-9-22(10-6-14)16-18-7-4-8-19-16/h4,7-8,14H,5-6,9-11H2,1-3H3. The third-order valence-electron chi connectivity index (χ3n) is 4.41. The lowest BCUT2D eigenvalue weighted by atomic mass is 9.98. The fraction of sp³-hybridized carbons (Fsp3) is 0.529. The summed E-state index contributed by atoms with van der Waals surface area (Å²) in [5, 5.41) is 0.768. The summed E-state index contributed by atoms with van der Waals surface area (Å²) in [5.74, 6) is 2.08. The van der Waals surface area contributed by atoms with Crippen LogP contribution in [0.2, 0.25) is 0 Å². The number of ether oxygens (including phenoxy) is 1. The van der Waals surface area contributed by atoms with Gasteiger partial charge in [-0.1, -0.05) is 11.8 Å². The molecule has 0 amide bonds. The van der Waals surface area contributed by atoms with E-state index in [2.05, 4.69) is 24.8 Å². The van der Waals surface area contributed by atoms with Crippen LogP contribution in [-0.2, 0) is 0 Å². The van der Waals surface area contributed by atoms with Crippen LogP contribution in [0.3, 0.4) is 0 Å². The van der Waals surface area contributed by atoms with Gasteiger partial charge in [-0.15, -0.1) is 0 Å². The van der Waals surface area contributed by atoms with Gasteiger partial charge in [-0.2, -0.15) is 4.98 Å². The number of piperidine rings is 1. The average molecular weight is 345 g/mol. The van der Waals surface area contributed by atoms with Crippen molar-refractivity contribution in [2.45, 2.75) is 31.8 Å². The molecule has 1 aliphatic rings. The molecule has 6 nitrogen and oxygen atoms in total. The molecule has 1 aliphatic heterocycles. The van der Waals surface area contributed by atoms with E-state index in [1.807, 2.05) is 26.2 Å². The molecule has 128 valence electrons. The molecule has 0 unspecified atom stereocenters. The first kappa shape index (κ1) is 17.0. The molecule has 0 atom stereocenters. The van der Waals surface area contributed by atoms with Gasteiger partial charge in [-0.3, -0.25) is 0 Å². The lowest BCUT2D eigenvalue weighted by Crippen LogP contribution is -2.36. The van der Waals surface area contributed by atoms with E-state index in [1.54, 1.807) is 24.2 Å². The fourth-order valence-electron chi connectivity index (χ4n) is 2.76. The van der Waals surface area contributed by atoms with Gasteiger partial charge in [0.25, 0.3) is 0 Å². The second-order valence-corrected chi connectivity index (χ2v) is 6.79. The molecule has 0 aliphatic carbocycles. The first-order valence-corrected chi connectivity index (χ1v) is 9.44. The molecule has 0 N–H and O–H groups in total. The van der Waals surface area contributed by atoms with Crippen LogP contribution in [0.1, 0.15) is 24.1 Å². The molecule has 2 aromatic rings. The Morgan fingerprint density at radius 1 is 1.17 bits per heavy atom. The van der Waals surface area contributed by atoms with Gasteiger partial charge in [0.05, 0.1) is 6.61 Å². The molecule has 0 aromatic carbocycles. The Balaban J connectivity index is 1.55. The molecule has 24 heavy (non-hydrogen) atoms. The largest absolute Gasteiger partial charge is 0.477 e. The van der Waals surface area contributed by atoms with E-state index in [9.17, 15) is 0 Å². The Morgan fingerprint density at radius 3 is 2.54 bits per heavy atom. The van der Waals surface area contributed by atoms with Gasteiger partial charge in [0.15, 0.2) is 5.16 Å². The predicted molar refractivity (Wildman–Crippen MR) is 95.8 cm³/mol. The summed E-state index contributed by atoms with van der Waals surface area (Å²) in [5.41, 5.74) is 2.02. The summed E-state index contributed by atoms with van der Waals surface area (Å²) < 4.78 is 6.03. The number of nitrogens with zero attached hydrogens (tertiary/aromatic N) is 5. The van der Waals surface area contributed by atoms with E-state index in [4.69, 9.17) is 4.74 Å². The van der Waals surface area contributed by atoms with Crippen molar-refractivity contribution in [3.63, 3.8) is 0 Å². The van der Waals surface area contributed by atoms with Crippen LogP contribution in [0.25, 0.3) is 0 Å². The molecule has 0 saturated carbocycles. The van der Waals surface area contributed by atoms with Crippen molar-refractivity contribution < 1.29 is 4.74 Å². The van der Waals surface area contributed by atoms with Gasteiger partial charge >= 0.3 is 0 Å². The highest BCUT2D eigenvalue weighted by Crippen LogP contribution is 2.24. The summed E-state index contributed by atoms with van der Waals surface area (Å²) in [6.07, 6.45) is 7.73. The number of thioether (sulfide) groups is 1. The normalized spacial score (nSPS) is 15.5. The molecule has 0 radical (unpaired) electrons. The monoisotopic (exact) mass is 345 g/mol. The van der Waals surface area contributed by atoms with Gasteiger partial charge in [0.1, 0.15) is 0 Å². The van der Waals surface area contributed by atoms with E-state index in [0.717, 1.165) is 54.2 Å². The van der Waals surface area contributed by atoms with Crippen molar-refractivity contribution in [2.24, 2.45) is 5.92 Å². The third-order valence-corrected chi connectivity index (χ3v) is 4.96. The topological polar surface area (TPSA) is 64.0 Å². The number of anilines is 1. The molecule has 0 bridgehead atoms. The molecule has 1 saturated heterocycles. The van der Waals surface area contributed by atoms with Crippen molar-refractivity contribution in [3.8, 4) is 5.88 Å². The number of aromatic nitrogens is 4. The van der Waals surface area contributed by atoms with Gasteiger partial charge in [-0.25, -0.2) is 15.0 Å². The van der Waals surface area contributed by atoms with Gasteiger partial charge in [-0.05, 0) is 44.9 Å². The zero-order chi connectivity index (χ0) is 16.9. The van der Waals surface area contributed by atoms with Crippen LogP contribution in [0.4, 0.5) is 5.95 Å². The number of hydrogen-bond donors (Lipinski definition) is 0. The van der Waals surface area contributed by atoms with Crippen LogP contribution < -0.4 is 9.64 Å². The second-order valence-electron chi connectivity index (χ2n) is 6.02. The Bertz CT molecular complexity index is 674. The molecular weight excluding hydrogens is 322 g/mol. The molecule has 7 heteroatoms. The van der Waals surface area contributed by atoms with E-state index < -0.39 is 0 Å². The highest BCUT2D eigenvalue weighted by molar-refractivity contribution is 7.98. The summed E-state index contributed by atoms with van der Waals surface area (Å²) in [6, 6.07) is 1.85. The van der Waals surface area contributed by atoms with Gasteiger partial charge in [0, 0.05) is 36.7 Å². The van der Waals surface area contributed by atoms with E-state index in [-0.39, 0.29) is 0 Å². The highest BCUT2D eigenvalue weighted by Gasteiger charge is 2.22. The van der Waals surface area contributed by atoms with Crippen LogP contribution in [0, 0.1) is 19.8 Å². The lowest BCUT2D eigenvalue weighted by Gasteiger charge is -2.31. The minimum absolute atomic E-state index is 0.539. The van der Waals surface area contributed by atoms with E-state index in [0.29, 0.717) is 12.5 Å². The van der Waals surface area contributed by atoms with Gasteiger partial charge < -0.3 is 9.64 Å². The SMILES string of the molecule is CSc1nc(C)c(C)c(OCC2CCN(c3ncccn3)CC2)n1. The number of hydrogen-bond acceptors (Lipinski definition) is 7. The molecule has 0 spiro atoms. The predicted octanol–water partition coefficient (Wildman–Crippen LogP) is 2.90. The first-order valence-electron chi connectivity index (χ1n) is 8.21. The number of aryl methyl sites for hydroxylation is 1. The summed E-state index contributed by atoms with van der Waals surface area (Å²) in [6.45, 7) is 6.66. The summed E-state index contributed by atoms with van der Waals surface area (Å²) in [4.78, 5) is 19.8.